The Bertz CT molecular complexity index is 751. The summed E-state index contributed by atoms with van der Waals surface area (Å²) in [5, 5.41) is 3.07. The molecule has 3 heterocycles. The fraction of sp³-hybridized carbons (Fsp3) is 0.500. The Kier molecular flexibility index (Phi) is 6.91. The molecule has 2 aromatic rings. The lowest BCUT2D eigenvalue weighted by Crippen LogP contribution is -2.49. The predicted octanol–water partition coefficient (Wildman–Crippen LogP) is 3.07. The third kappa shape index (κ3) is 5.64. The van der Waals surface area contributed by atoms with Crippen molar-refractivity contribution in [3.8, 4) is 0 Å². The number of piperidine rings is 2. The molecule has 4 rings (SSSR count). The van der Waals surface area contributed by atoms with E-state index in [0.29, 0.717) is 12.6 Å². The van der Waals surface area contributed by atoms with Crippen LogP contribution in [-0.4, -0.2) is 52.9 Å². The van der Waals surface area contributed by atoms with Gasteiger partial charge in [-0.25, -0.2) is 0 Å². The molecule has 2 saturated heterocycles. The summed E-state index contributed by atoms with van der Waals surface area (Å²) in [5.74, 6) is 0.334. The molecular formula is C24H32N4O. The van der Waals surface area contributed by atoms with Gasteiger partial charge in [0.25, 0.3) is 0 Å². The summed E-state index contributed by atoms with van der Waals surface area (Å²) in [5.41, 5.74) is 2.32. The Balaban J connectivity index is 1.17. The van der Waals surface area contributed by atoms with Gasteiger partial charge in [0.05, 0.1) is 12.2 Å². The molecule has 29 heavy (non-hydrogen) atoms. The Morgan fingerprint density at radius 2 is 1.66 bits per heavy atom. The predicted molar refractivity (Wildman–Crippen MR) is 115 cm³/mol. The van der Waals surface area contributed by atoms with E-state index in [4.69, 9.17) is 0 Å². The number of carbonyl (C=O) groups is 1. The molecule has 2 fully saturated rings. The smallest absolute Gasteiger partial charge is 0.223 e. The number of amides is 1. The minimum absolute atomic E-state index is 0.146. The van der Waals surface area contributed by atoms with E-state index in [0.717, 1.165) is 38.2 Å². The van der Waals surface area contributed by atoms with E-state index < -0.39 is 0 Å². The second-order valence-corrected chi connectivity index (χ2v) is 8.34. The van der Waals surface area contributed by atoms with Crippen LogP contribution >= 0.6 is 0 Å². The number of likely N-dealkylation sites (tertiary alicyclic amines) is 2. The number of carbonyl (C=O) groups excluding carboxylic acids is 1. The number of benzene rings is 1. The number of hydrogen-bond acceptors (Lipinski definition) is 4. The molecule has 154 valence electrons. The van der Waals surface area contributed by atoms with Crippen LogP contribution in [0.25, 0.3) is 0 Å². The summed E-state index contributed by atoms with van der Waals surface area (Å²) in [6.45, 7) is 6.02. The molecule has 0 bridgehead atoms. The SMILES string of the molecule is O=C(NCc1ccccn1)C1CCN(C2CCN(Cc3ccccc3)CC2)CC1. The van der Waals surface area contributed by atoms with Crippen LogP contribution in [0.4, 0.5) is 0 Å². The monoisotopic (exact) mass is 392 g/mol. The second kappa shape index (κ2) is 9.99. The zero-order chi connectivity index (χ0) is 19.9. The van der Waals surface area contributed by atoms with E-state index in [2.05, 4.69) is 50.4 Å². The zero-order valence-corrected chi connectivity index (χ0v) is 17.2. The third-order valence-electron chi connectivity index (χ3n) is 6.39. The molecule has 2 aliphatic heterocycles. The van der Waals surface area contributed by atoms with Gasteiger partial charge in [-0.2, -0.15) is 0 Å². The molecular weight excluding hydrogens is 360 g/mol. The zero-order valence-electron chi connectivity index (χ0n) is 17.2. The first-order valence-electron chi connectivity index (χ1n) is 11.0. The van der Waals surface area contributed by atoms with Crippen LogP contribution < -0.4 is 5.32 Å². The highest BCUT2D eigenvalue weighted by Crippen LogP contribution is 2.24. The van der Waals surface area contributed by atoms with Crippen LogP contribution in [0.3, 0.4) is 0 Å². The average Bonchev–Trinajstić information content (AvgIpc) is 2.79. The molecule has 0 radical (unpaired) electrons. The number of nitrogens with one attached hydrogen (secondary N) is 1. The van der Waals surface area contributed by atoms with E-state index >= 15 is 0 Å². The van der Waals surface area contributed by atoms with Crippen LogP contribution in [0.5, 0.6) is 0 Å². The summed E-state index contributed by atoms with van der Waals surface area (Å²) >= 11 is 0. The van der Waals surface area contributed by atoms with Gasteiger partial charge in [-0.1, -0.05) is 36.4 Å². The van der Waals surface area contributed by atoms with Gasteiger partial charge in [-0.15, -0.1) is 0 Å². The first-order valence-corrected chi connectivity index (χ1v) is 11.0. The number of rotatable bonds is 6. The maximum atomic E-state index is 12.5. The molecule has 0 aliphatic carbocycles. The highest BCUT2D eigenvalue weighted by Gasteiger charge is 2.30. The molecule has 1 N–H and O–H groups in total. The van der Waals surface area contributed by atoms with E-state index in [1.54, 1.807) is 6.20 Å². The van der Waals surface area contributed by atoms with Crippen molar-refractivity contribution in [2.75, 3.05) is 26.2 Å². The normalized spacial score (nSPS) is 19.9. The highest BCUT2D eigenvalue weighted by molar-refractivity contribution is 5.78. The largest absolute Gasteiger partial charge is 0.350 e. The lowest BCUT2D eigenvalue weighted by Gasteiger charge is -2.41. The maximum absolute atomic E-state index is 12.5. The van der Waals surface area contributed by atoms with Gasteiger partial charge in [-0.3, -0.25) is 14.7 Å². The van der Waals surface area contributed by atoms with Crippen LogP contribution in [0.2, 0.25) is 0 Å². The number of aromatic nitrogens is 1. The summed E-state index contributed by atoms with van der Waals surface area (Å²) in [6, 6.07) is 17.2. The van der Waals surface area contributed by atoms with Gasteiger partial charge in [-0.05, 0) is 69.6 Å². The Morgan fingerprint density at radius 1 is 0.931 bits per heavy atom. The van der Waals surface area contributed by atoms with Gasteiger partial charge in [0.2, 0.25) is 5.91 Å². The van der Waals surface area contributed by atoms with Crippen molar-refractivity contribution in [1.29, 1.82) is 0 Å². The molecule has 0 saturated carbocycles. The molecule has 0 spiro atoms. The number of pyridine rings is 1. The van der Waals surface area contributed by atoms with Crippen molar-refractivity contribution in [3.63, 3.8) is 0 Å². The lowest BCUT2D eigenvalue weighted by molar-refractivity contribution is -0.126. The van der Waals surface area contributed by atoms with E-state index in [1.165, 1.54) is 31.5 Å². The minimum atomic E-state index is 0.146. The fourth-order valence-corrected chi connectivity index (χ4v) is 4.64. The highest BCUT2D eigenvalue weighted by atomic mass is 16.1. The Hall–Kier alpha value is -2.24. The summed E-state index contributed by atoms with van der Waals surface area (Å²) in [7, 11) is 0. The second-order valence-electron chi connectivity index (χ2n) is 8.34. The number of hydrogen-bond donors (Lipinski definition) is 1. The van der Waals surface area contributed by atoms with Crippen molar-refractivity contribution in [1.82, 2.24) is 20.1 Å². The van der Waals surface area contributed by atoms with Crippen LogP contribution in [-0.2, 0) is 17.9 Å². The number of nitrogens with zero attached hydrogens (tertiary/aromatic N) is 3. The minimum Gasteiger partial charge on any atom is -0.350 e. The molecule has 1 amide bonds. The Morgan fingerprint density at radius 3 is 2.34 bits per heavy atom. The van der Waals surface area contributed by atoms with Crippen molar-refractivity contribution in [2.24, 2.45) is 5.92 Å². The van der Waals surface area contributed by atoms with Crippen LogP contribution in [0, 0.1) is 5.92 Å². The summed E-state index contributed by atoms with van der Waals surface area (Å²) in [6.07, 6.45) is 6.19. The maximum Gasteiger partial charge on any atom is 0.223 e. The fourth-order valence-electron chi connectivity index (χ4n) is 4.64. The van der Waals surface area contributed by atoms with Gasteiger partial charge >= 0.3 is 0 Å². The van der Waals surface area contributed by atoms with Gasteiger partial charge in [0.15, 0.2) is 0 Å². The molecule has 1 aromatic carbocycles. The molecule has 2 aliphatic rings. The van der Waals surface area contributed by atoms with Gasteiger partial charge in [0.1, 0.15) is 0 Å². The molecule has 0 atom stereocenters. The quantitative estimate of drug-likeness (QED) is 0.821. The summed E-state index contributed by atoms with van der Waals surface area (Å²) < 4.78 is 0. The van der Waals surface area contributed by atoms with Crippen LogP contribution in [0.15, 0.2) is 54.7 Å². The van der Waals surface area contributed by atoms with Crippen molar-refractivity contribution in [3.05, 3.63) is 66.0 Å². The lowest BCUT2D eigenvalue weighted by atomic mass is 9.92. The molecule has 5 heteroatoms. The summed E-state index contributed by atoms with van der Waals surface area (Å²) in [4.78, 5) is 22.0. The van der Waals surface area contributed by atoms with E-state index in [9.17, 15) is 4.79 Å². The molecule has 5 nitrogen and oxygen atoms in total. The van der Waals surface area contributed by atoms with Crippen molar-refractivity contribution in [2.45, 2.75) is 44.8 Å². The van der Waals surface area contributed by atoms with Crippen molar-refractivity contribution >= 4 is 5.91 Å². The molecule has 1 aromatic heterocycles. The average molecular weight is 393 g/mol. The standard InChI is InChI=1S/C24H32N4O/c29-24(26-18-22-8-4-5-13-25-22)21-9-16-28(17-10-21)23-11-14-27(15-12-23)19-20-6-2-1-3-7-20/h1-8,13,21,23H,9-12,14-19H2,(H,26,29). The van der Waals surface area contributed by atoms with Gasteiger partial charge < -0.3 is 10.2 Å². The topological polar surface area (TPSA) is 48.5 Å². The van der Waals surface area contributed by atoms with E-state index in [1.807, 2.05) is 18.2 Å². The Labute approximate surface area is 174 Å². The van der Waals surface area contributed by atoms with Gasteiger partial charge in [0, 0.05) is 24.7 Å². The van der Waals surface area contributed by atoms with Crippen molar-refractivity contribution < 1.29 is 4.79 Å². The van der Waals surface area contributed by atoms with Crippen LogP contribution in [0.1, 0.15) is 36.9 Å². The first-order chi connectivity index (χ1) is 14.3. The first kappa shape index (κ1) is 20.0. The van der Waals surface area contributed by atoms with E-state index in [-0.39, 0.29) is 11.8 Å². The molecule has 0 unspecified atom stereocenters. The third-order valence-corrected chi connectivity index (χ3v) is 6.39.